The smallest absolute Gasteiger partial charge is 0.115 e. The fourth-order valence-electron chi connectivity index (χ4n) is 0.483. The second-order valence-electron chi connectivity index (χ2n) is 1.49. The number of aromatic nitrogens is 2. The zero-order valence-electron chi connectivity index (χ0n) is 4.73. The van der Waals surface area contributed by atoms with Crippen LogP contribution in [0.15, 0.2) is 25.0 Å². The predicted molar refractivity (Wildman–Crippen MR) is 33.7 cm³/mol. The van der Waals surface area contributed by atoms with Gasteiger partial charge in [0.1, 0.15) is 6.33 Å². The highest BCUT2D eigenvalue weighted by atomic mass is 16.2. The number of aliphatic hydroxyl groups excluding tert-OH is 1. The van der Waals surface area contributed by atoms with Gasteiger partial charge in [-0.3, -0.25) is 0 Å². The number of aliphatic hydroxyl groups is 1. The third-order valence-electron chi connectivity index (χ3n) is 0.848. The van der Waals surface area contributed by atoms with E-state index >= 15 is 0 Å². The molecule has 0 saturated carbocycles. The molecule has 0 spiro atoms. The fourth-order valence-corrected chi connectivity index (χ4v) is 0.483. The van der Waals surface area contributed by atoms with Gasteiger partial charge in [-0.25, -0.2) is 9.97 Å². The van der Waals surface area contributed by atoms with Crippen molar-refractivity contribution >= 4 is 6.08 Å². The van der Waals surface area contributed by atoms with E-state index in [2.05, 4.69) is 9.97 Å². The molecule has 1 aromatic rings. The average Bonchev–Trinajstić information content (AvgIpc) is 1.91. The van der Waals surface area contributed by atoms with E-state index in [4.69, 9.17) is 5.11 Å². The molecule has 0 bridgehead atoms. The summed E-state index contributed by atoms with van der Waals surface area (Å²) in [6.45, 7) is 0. The number of nitrogens with zero attached hydrogens (tertiary/aromatic N) is 2. The van der Waals surface area contributed by atoms with Gasteiger partial charge in [0.15, 0.2) is 0 Å². The minimum atomic E-state index is 0.792. The zero-order chi connectivity index (χ0) is 6.53. The molecule has 0 saturated heterocycles. The third-order valence-corrected chi connectivity index (χ3v) is 0.848. The molecule has 3 heteroatoms. The molecule has 0 radical (unpaired) electrons. The predicted octanol–water partition coefficient (Wildman–Crippen LogP) is 1.01. The van der Waals surface area contributed by atoms with Crippen molar-refractivity contribution in [3.63, 3.8) is 0 Å². The molecule has 0 aliphatic carbocycles. The van der Waals surface area contributed by atoms with Crippen LogP contribution in [-0.2, 0) is 0 Å². The Morgan fingerprint density at radius 2 is 2.00 bits per heavy atom. The Labute approximate surface area is 52.7 Å². The maximum absolute atomic E-state index is 8.28. The van der Waals surface area contributed by atoms with Crippen molar-refractivity contribution in [3.05, 3.63) is 30.5 Å². The van der Waals surface area contributed by atoms with Crippen LogP contribution in [0.3, 0.4) is 0 Å². The summed E-state index contributed by atoms with van der Waals surface area (Å²) in [6, 6.07) is 0. The van der Waals surface area contributed by atoms with Gasteiger partial charge >= 0.3 is 0 Å². The molecule has 1 aromatic heterocycles. The van der Waals surface area contributed by atoms with E-state index in [0.717, 1.165) is 11.8 Å². The number of rotatable bonds is 1. The molecule has 0 aromatic carbocycles. The highest BCUT2D eigenvalue weighted by molar-refractivity contribution is 5.44. The van der Waals surface area contributed by atoms with Crippen LogP contribution in [0, 0.1) is 0 Å². The standard InChI is InChI=1S/C6H6N2O/c9-2-1-6-3-7-5-8-4-6/h1-5,9H. The summed E-state index contributed by atoms with van der Waals surface area (Å²) in [5, 5.41) is 8.28. The first-order valence-electron chi connectivity index (χ1n) is 2.49. The van der Waals surface area contributed by atoms with Crippen molar-refractivity contribution in [2.45, 2.75) is 0 Å². The van der Waals surface area contributed by atoms with Crippen LogP contribution in [0.4, 0.5) is 0 Å². The number of hydrogen-bond acceptors (Lipinski definition) is 3. The molecule has 0 atom stereocenters. The first-order chi connectivity index (χ1) is 4.43. The second-order valence-corrected chi connectivity index (χ2v) is 1.49. The van der Waals surface area contributed by atoms with Gasteiger partial charge in [0, 0.05) is 18.0 Å². The summed E-state index contributed by atoms with van der Waals surface area (Å²) >= 11 is 0. The van der Waals surface area contributed by atoms with E-state index < -0.39 is 0 Å². The Kier molecular flexibility index (Phi) is 1.80. The first-order valence-corrected chi connectivity index (χ1v) is 2.49. The normalized spacial score (nSPS) is 10.2. The van der Waals surface area contributed by atoms with Gasteiger partial charge in [-0.15, -0.1) is 0 Å². The lowest BCUT2D eigenvalue weighted by Crippen LogP contribution is -1.77. The van der Waals surface area contributed by atoms with Gasteiger partial charge in [0.05, 0.1) is 6.26 Å². The average molecular weight is 122 g/mol. The molecule has 0 unspecified atom stereocenters. The molecule has 3 nitrogen and oxygen atoms in total. The van der Waals surface area contributed by atoms with Gasteiger partial charge in [-0.05, 0) is 6.08 Å². The minimum absolute atomic E-state index is 0.792. The molecular formula is C6H6N2O. The van der Waals surface area contributed by atoms with E-state index in [1.165, 1.54) is 12.4 Å². The monoisotopic (exact) mass is 122 g/mol. The molecule has 1 rings (SSSR count). The van der Waals surface area contributed by atoms with Crippen LogP contribution < -0.4 is 0 Å². The highest BCUT2D eigenvalue weighted by Crippen LogP contribution is 1.93. The van der Waals surface area contributed by atoms with E-state index in [1.54, 1.807) is 12.4 Å². The maximum atomic E-state index is 8.28. The van der Waals surface area contributed by atoms with Crippen LogP contribution in [0.5, 0.6) is 0 Å². The third kappa shape index (κ3) is 1.53. The van der Waals surface area contributed by atoms with Crippen molar-refractivity contribution in [2.75, 3.05) is 0 Å². The summed E-state index contributed by atoms with van der Waals surface area (Å²) in [7, 11) is 0. The molecule has 0 aliphatic heterocycles. The Morgan fingerprint density at radius 1 is 1.33 bits per heavy atom. The lowest BCUT2D eigenvalue weighted by atomic mass is 10.3. The zero-order valence-corrected chi connectivity index (χ0v) is 4.73. The summed E-state index contributed by atoms with van der Waals surface area (Å²) in [5.74, 6) is 0. The van der Waals surface area contributed by atoms with E-state index in [-0.39, 0.29) is 0 Å². The number of hydrogen-bond donors (Lipinski definition) is 1. The topological polar surface area (TPSA) is 46.0 Å². The van der Waals surface area contributed by atoms with Crippen molar-refractivity contribution < 1.29 is 5.11 Å². The van der Waals surface area contributed by atoms with E-state index in [1.807, 2.05) is 0 Å². The first kappa shape index (κ1) is 5.75. The van der Waals surface area contributed by atoms with Crippen LogP contribution in [0.2, 0.25) is 0 Å². The molecular weight excluding hydrogens is 116 g/mol. The minimum Gasteiger partial charge on any atom is -0.516 e. The van der Waals surface area contributed by atoms with E-state index in [9.17, 15) is 0 Å². The Bertz CT molecular complexity index is 195. The highest BCUT2D eigenvalue weighted by Gasteiger charge is 1.80. The maximum Gasteiger partial charge on any atom is 0.115 e. The quantitative estimate of drug-likeness (QED) is 0.565. The fraction of sp³-hybridized carbons (Fsp3) is 0. The van der Waals surface area contributed by atoms with Crippen LogP contribution in [-0.4, -0.2) is 15.1 Å². The molecule has 0 amide bonds. The van der Waals surface area contributed by atoms with Crippen molar-refractivity contribution in [1.82, 2.24) is 9.97 Å². The largest absolute Gasteiger partial charge is 0.516 e. The Morgan fingerprint density at radius 3 is 2.56 bits per heavy atom. The van der Waals surface area contributed by atoms with Gasteiger partial charge in [-0.2, -0.15) is 0 Å². The van der Waals surface area contributed by atoms with Crippen LogP contribution in [0.1, 0.15) is 5.56 Å². The Balaban J connectivity index is 2.85. The van der Waals surface area contributed by atoms with Gasteiger partial charge in [-0.1, -0.05) is 0 Å². The van der Waals surface area contributed by atoms with Crippen molar-refractivity contribution in [2.24, 2.45) is 0 Å². The SMILES string of the molecule is OC=Cc1cncnc1. The van der Waals surface area contributed by atoms with Gasteiger partial charge in [0.2, 0.25) is 0 Å². The molecule has 1 N–H and O–H groups in total. The van der Waals surface area contributed by atoms with Crippen LogP contribution in [0.25, 0.3) is 6.08 Å². The second kappa shape index (κ2) is 2.81. The van der Waals surface area contributed by atoms with Gasteiger partial charge in [0.25, 0.3) is 0 Å². The van der Waals surface area contributed by atoms with Crippen LogP contribution >= 0.6 is 0 Å². The van der Waals surface area contributed by atoms with Crippen molar-refractivity contribution in [1.29, 1.82) is 0 Å². The lowest BCUT2D eigenvalue weighted by Gasteiger charge is -1.85. The molecule has 0 fully saturated rings. The molecule has 46 valence electrons. The molecule has 0 aliphatic rings. The van der Waals surface area contributed by atoms with Crippen molar-refractivity contribution in [3.8, 4) is 0 Å². The summed E-state index contributed by atoms with van der Waals surface area (Å²) in [6.07, 6.45) is 7.13. The van der Waals surface area contributed by atoms with E-state index in [0.29, 0.717) is 0 Å². The summed E-state index contributed by atoms with van der Waals surface area (Å²) < 4.78 is 0. The van der Waals surface area contributed by atoms with Gasteiger partial charge < -0.3 is 5.11 Å². The molecule has 1 heterocycles. The molecule has 9 heavy (non-hydrogen) atoms. The summed E-state index contributed by atoms with van der Waals surface area (Å²) in [4.78, 5) is 7.46. The lowest BCUT2D eigenvalue weighted by molar-refractivity contribution is 0.478. The Hall–Kier alpha value is -1.38. The summed E-state index contributed by atoms with van der Waals surface area (Å²) in [5.41, 5.74) is 0.792.